The molecule has 0 aliphatic carbocycles. The fraction of sp³-hybridized carbons (Fsp3) is 0.385. The van der Waals surface area contributed by atoms with Crippen molar-refractivity contribution in [2.24, 2.45) is 0 Å². The van der Waals surface area contributed by atoms with Crippen molar-refractivity contribution in [2.75, 3.05) is 0 Å². The Bertz CT molecular complexity index is 447. The lowest BCUT2D eigenvalue weighted by Gasteiger charge is -2.17. The third-order valence-corrected chi connectivity index (χ3v) is 4.58. The predicted molar refractivity (Wildman–Crippen MR) is 75.4 cm³/mol. The van der Waals surface area contributed by atoms with Gasteiger partial charge in [0, 0.05) is 20.8 Å². The van der Waals surface area contributed by atoms with Gasteiger partial charge in [-0.05, 0) is 54.9 Å². The van der Waals surface area contributed by atoms with Crippen molar-refractivity contribution in [3.05, 3.63) is 44.4 Å². The maximum Gasteiger partial charge on any atom is 0.120 e. The third-order valence-electron chi connectivity index (χ3n) is 2.70. The van der Waals surface area contributed by atoms with Crippen LogP contribution in [0.5, 0.6) is 0 Å². The van der Waals surface area contributed by atoms with Gasteiger partial charge in [0.25, 0.3) is 0 Å². The summed E-state index contributed by atoms with van der Waals surface area (Å²) in [7, 11) is 0. The fourth-order valence-corrected chi connectivity index (χ4v) is 3.24. The van der Waals surface area contributed by atoms with Crippen LogP contribution in [-0.2, 0) is 0 Å². The molecule has 0 spiro atoms. The van der Waals surface area contributed by atoms with Crippen molar-refractivity contribution in [3.8, 4) is 0 Å². The lowest BCUT2D eigenvalue weighted by molar-refractivity contribution is 0.394. The number of hydrogen-bond donors (Lipinski definition) is 1. The highest BCUT2D eigenvalue weighted by Crippen LogP contribution is 2.27. The summed E-state index contributed by atoms with van der Waals surface area (Å²) in [6, 6.07) is 6.73. The Morgan fingerprint density at radius 1 is 1.29 bits per heavy atom. The molecule has 2 unspecified atom stereocenters. The van der Waals surface area contributed by atoms with Gasteiger partial charge in [0.15, 0.2) is 0 Å². The molecule has 2 heterocycles. The molecule has 0 saturated carbocycles. The molecule has 2 rings (SSSR count). The number of rotatable bonds is 4. The molecule has 0 radical (unpaired) electrons. The second-order valence-corrected chi connectivity index (χ2v) is 6.08. The van der Waals surface area contributed by atoms with Crippen molar-refractivity contribution < 1.29 is 4.42 Å². The maximum absolute atomic E-state index is 5.62. The quantitative estimate of drug-likeness (QED) is 0.875. The standard InChI is InChI=1S/C13H16BrNOS/c1-8-4-5-12(16-8)9(2)15-10(3)13-6-11(14)7-17-13/h4-7,9-10,15H,1-3H3. The van der Waals surface area contributed by atoms with E-state index >= 15 is 0 Å². The highest BCUT2D eigenvalue weighted by Gasteiger charge is 2.14. The number of halogens is 1. The van der Waals surface area contributed by atoms with Crippen LogP contribution < -0.4 is 5.32 Å². The van der Waals surface area contributed by atoms with Crippen LogP contribution in [0.25, 0.3) is 0 Å². The number of furan rings is 1. The zero-order valence-electron chi connectivity index (χ0n) is 10.2. The van der Waals surface area contributed by atoms with Crippen molar-refractivity contribution in [1.29, 1.82) is 0 Å². The Balaban J connectivity index is 2.01. The Morgan fingerprint density at radius 3 is 2.59 bits per heavy atom. The van der Waals surface area contributed by atoms with E-state index in [-0.39, 0.29) is 6.04 Å². The van der Waals surface area contributed by atoms with Gasteiger partial charge in [0.1, 0.15) is 11.5 Å². The molecule has 0 aliphatic rings. The summed E-state index contributed by atoms with van der Waals surface area (Å²) in [6.07, 6.45) is 0. The van der Waals surface area contributed by atoms with E-state index in [9.17, 15) is 0 Å². The molecule has 0 amide bonds. The summed E-state index contributed by atoms with van der Waals surface area (Å²) in [5, 5.41) is 5.64. The average molecular weight is 314 g/mol. The first kappa shape index (κ1) is 12.9. The smallest absolute Gasteiger partial charge is 0.120 e. The van der Waals surface area contributed by atoms with E-state index in [0.29, 0.717) is 6.04 Å². The van der Waals surface area contributed by atoms with Crippen molar-refractivity contribution in [2.45, 2.75) is 32.9 Å². The van der Waals surface area contributed by atoms with Gasteiger partial charge in [-0.15, -0.1) is 11.3 Å². The molecule has 2 nitrogen and oxygen atoms in total. The first-order chi connectivity index (χ1) is 8.06. The molecule has 0 saturated heterocycles. The van der Waals surface area contributed by atoms with E-state index in [4.69, 9.17) is 4.42 Å². The van der Waals surface area contributed by atoms with Gasteiger partial charge in [0.05, 0.1) is 6.04 Å². The SMILES string of the molecule is Cc1ccc(C(C)NC(C)c2cc(Br)cs2)o1. The molecule has 1 N–H and O–H groups in total. The Morgan fingerprint density at radius 2 is 2.06 bits per heavy atom. The van der Waals surface area contributed by atoms with Crippen molar-refractivity contribution in [3.63, 3.8) is 0 Å². The number of hydrogen-bond acceptors (Lipinski definition) is 3. The Hall–Kier alpha value is -0.580. The van der Waals surface area contributed by atoms with Crippen LogP contribution in [0.15, 0.2) is 32.5 Å². The van der Waals surface area contributed by atoms with Gasteiger partial charge in [-0.1, -0.05) is 0 Å². The minimum absolute atomic E-state index is 0.222. The largest absolute Gasteiger partial charge is 0.465 e. The van der Waals surface area contributed by atoms with Crippen LogP contribution in [0, 0.1) is 6.92 Å². The molecule has 0 aromatic carbocycles. The van der Waals surface area contributed by atoms with E-state index < -0.39 is 0 Å². The second-order valence-electron chi connectivity index (χ2n) is 4.23. The van der Waals surface area contributed by atoms with Gasteiger partial charge in [-0.2, -0.15) is 0 Å². The van der Waals surface area contributed by atoms with Gasteiger partial charge < -0.3 is 9.73 Å². The molecule has 17 heavy (non-hydrogen) atoms. The summed E-state index contributed by atoms with van der Waals surface area (Å²) in [5.41, 5.74) is 0. The number of thiophene rings is 1. The Kier molecular flexibility index (Phi) is 4.07. The van der Waals surface area contributed by atoms with E-state index in [0.717, 1.165) is 16.0 Å². The van der Waals surface area contributed by atoms with Crippen LogP contribution >= 0.6 is 27.3 Å². The lowest BCUT2D eigenvalue weighted by Crippen LogP contribution is -2.21. The molecule has 92 valence electrons. The van der Waals surface area contributed by atoms with E-state index in [2.05, 4.69) is 46.5 Å². The number of aryl methyl sites for hydroxylation is 1. The predicted octanol–water partition coefficient (Wildman–Crippen LogP) is 4.82. The first-order valence-electron chi connectivity index (χ1n) is 5.62. The zero-order chi connectivity index (χ0) is 12.4. The zero-order valence-corrected chi connectivity index (χ0v) is 12.6. The van der Waals surface area contributed by atoms with Gasteiger partial charge in [-0.25, -0.2) is 0 Å². The van der Waals surface area contributed by atoms with E-state index in [1.165, 1.54) is 4.88 Å². The first-order valence-corrected chi connectivity index (χ1v) is 7.30. The maximum atomic E-state index is 5.62. The molecular formula is C13H16BrNOS. The lowest BCUT2D eigenvalue weighted by atomic mass is 10.2. The van der Waals surface area contributed by atoms with E-state index in [1.807, 2.05) is 19.1 Å². The summed E-state index contributed by atoms with van der Waals surface area (Å²) in [4.78, 5) is 1.33. The molecule has 0 fully saturated rings. The van der Waals surface area contributed by atoms with Crippen molar-refractivity contribution >= 4 is 27.3 Å². The van der Waals surface area contributed by atoms with Crippen LogP contribution in [0.1, 0.15) is 42.3 Å². The summed E-state index contributed by atoms with van der Waals surface area (Å²) < 4.78 is 6.76. The summed E-state index contributed by atoms with van der Waals surface area (Å²) in [6.45, 7) is 6.26. The monoisotopic (exact) mass is 313 g/mol. The number of nitrogens with one attached hydrogen (secondary N) is 1. The van der Waals surface area contributed by atoms with Crippen molar-refractivity contribution in [1.82, 2.24) is 5.32 Å². The molecule has 4 heteroatoms. The van der Waals surface area contributed by atoms with Gasteiger partial charge in [0.2, 0.25) is 0 Å². The molecular weight excluding hydrogens is 298 g/mol. The normalized spacial score (nSPS) is 14.8. The molecule has 2 aromatic heterocycles. The molecule has 2 atom stereocenters. The van der Waals surface area contributed by atoms with Crippen LogP contribution in [0.3, 0.4) is 0 Å². The highest BCUT2D eigenvalue weighted by molar-refractivity contribution is 9.10. The minimum Gasteiger partial charge on any atom is -0.465 e. The summed E-state index contributed by atoms with van der Waals surface area (Å²) >= 11 is 5.24. The highest BCUT2D eigenvalue weighted by atomic mass is 79.9. The van der Waals surface area contributed by atoms with Crippen LogP contribution in [-0.4, -0.2) is 0 Å². The summed E-state index contributed by atoms with van der Waals surface area (Å²) in [5.74, 6) is 1.95. The van der Waals surface area contributed by atoms with Gasteiger partial charge in [-0.3, -0.25) is 0 Å². The molecule has 0 aliphatic heterocycles. The molecule has 0 bridgehead atoms. The van der Waals surface area contributed by atoms with Crippen LogP contribution in [0.4, 0.5) is 0 Å². The van der Waals surface area contributed by atoms with Gasteiger partial charge >= 0.3 is 0 Å². The topological polar surface area (TPSA) is 25.2 Å². The molecule has 2 aromatic rings. The van der Waals surface area contributed by atoms with E-state index in [1.54, 1.807) is 11.3 Å². The third kappa shape index (κ3) is 3.21. The average Bonchev–Trinajstić information content (AvgIpc) is 2.87. The fourth-order valence-electron chi connectivity index (χ4n) is 1.78. The second kappa shape index (κ2) is 5.38. The Labute approximate surface area is 114 Å². The van der Waals surface area contributed by atoms with Crippen LogP contribution in [0.2, 0.25) is 0 Å². The minimum atomic E-state index is 0.222.